The molecule has 2 fully saturated rings. The molecule has 1 N–H and O–H groups in total. The van der Waals surface area contributed by atoms with Crippen molar-refractivity contribution < 1.29 is 4.74 Å². The topological polar surface area (TPSA) is 39.1 Å². The molecule has 1 saturated heterocycles. The van der Waals surface area contributed by atoms with Crippen molar-refractivity contribution in [3.05, 3.63) is 18.0 Å². The molecule has 3 rings (SSSR count). The number of nitrogens with zero attached hydrogens (tertiary/aromatic N) is 2. The van der Waals surface area contributed by atoms with E-state index in [0.29, 0.717) is 6.10 Å². The molecule has 112 valence electrons. The number of ether oxygens (including phenoxy) is 1. The Morgan fingerprint density at radius 2 is 2.20 bits per heavy atom. The van der Waals surface area contributed by atoms with Gasteiger partial charge in [-0.2, -0.15) is 5.10 Å². The van der Waals surface area contributed by atoms with Gasteiger partial charge in [0.05, 0.1) is 23.9 Å². The molecule has 4 nitrogen and oxygen atoms in total. The molecule has 0 amide bonds. The Morgan fingerprint density at radius 1 is 1.35 bits per heavy atom. The van der Waals surface area contributed by atoms with E-state index in [4.69, 9.17) is 4.74 Å². The second-order valence-electron chi connectivity index (χ2n) is 6.33. The fraction of sp³-hybridized carbons (Fsp3) is 0.812. The lowest BCUT2D eigenvalue weighted by Crippen LogP contribution is -2.32. The Kier molecular flexibility index (Phi) is 4.41. The first kappa shape index (κ1) is 14.1. The van der Waals surface area contributed by atoms with Crippen LogP contribution in [-0.4, -0.2) is 28.0 Å². The third kappa shape index (κ3) is 3.23. The van der Waals surface area contributed by atoms with Gasteiger partial charge in [0.15, 0.2) is 0 Å². The van der Waals surface area contributed by atoms with Gasteiger partial charge in [-0.3, -0.25) is 4.68 Å². The molecule has 1 saturated carbocycles. The van der Waals surface area contributed by atoms with Crippen LogP contribution in [0.2, 0.25) is 0 Å². The lowest BCUT2D eigenvalue weighted by atomic mass is 9.83. The van der Waals surface area contributed by atoms with E-state index in [-0.39, 0.29) is 5.60 Å². The molecule has 0 aromatic carbocycles. The molecule has 1 atom stereocenters. The molecule has 1 aromatic heterocycles. The van der Waals surface area contributed by atoms with Gasteiger partial charge in [-0.25, -0.2) is 0 Å². The SMILES string of the molecule is CCNCc1ccn(CC2CCC3(CCCCC3)O2)n1. The van der Waals surface area contributed by atoms with Crippen molar-refractivity contribution in [3.63, 3.8) is 0 Å². The highest BCUT2D eigenvalue weighted by molar-refractivity contribution is 4.99. The predicted octanol–water partition coefficient (Wildman–Crippen LogP) is 2.87. The summed E-state index contributed by atoms with van der Waals surface area (Å²) in [5.74, 6) is 0. The molecule has 20 heavy (non-hydrogen) atoms. The van der Waals surface area contributed by atoms with Crippen molar-refractivity contribution in [2.75, 3.05) is 6.54 Å². The van der Waals surface area contributed by atoms with Crippen LogP contribution in [0.1, 0.15) is 57.6 Å². The van der Waals surface area contributed by atoms with Gasteiger partial charge in [0.25, 0.3) is 0 Å². The van der Waals surface area contributed by atoms with Gasteiger partial charge in [0.1, 0.15) is 0 Å². The van der Waals surface area contributed by atoms with Crippen molar-refractivity contribution in [3.8, 4) is 0 Å². The summed E-state index contributed by atoms with van der Waals surface area (Å²) in [5.41, 5.74) is 1.35. The summed E-state index contributed by atoms with van der Waals surface area (Å²) in [4.78, 5) is 0. The molecule has 1 aromatic rings. The zero-order chi connectivity index (χ0) is 13.8. The van der Waals surface area contributed by atoms with E-state index >= 15 is 0 Å². The van der Waals surface area contributed by atoms with Gasteiger partial charge in [-0.1, -0.05) is 26.2 Å². The first-order chi connectivity index (χ1) is 9.80. The summed E-state index contributed by atoms with van der Waals surface area (Å²) < 4.78 is 8.46. The Labute approximate surface area is 121 Å². The first-order valence-corrected chi connectivity index (χ1v) is 8.20. The molecule has 1 aliphatic heterocycles. The van der Waals surface area contributed by atoms with Gasteiger partial charge in [-0.05, 0) is 38.3 Å². The van der Waals surface area contributed by atoms with Crippen LogP contribution in [0.5, 0.6) is 0 Å². The van der Waals surface area contributed by atoms with Crippen LogP contribution in [-0.2, 0) is 17.8 Å². The van der Waals surface area contributed by atoms with Gasteiger partial charge < -0.3 is 10.1 Å². The lowest BCUT2D eigenvalue weighted by molar-refractivity contribution is -0.0688. The smallest absolute Gasteiger partial charge is 0.0779 e. The minimum atomic E-state index is 0.225. The van der Waals surface area contributed by atoms with E-state index in [9.17, 15) is 0 Å². The monoisotopic (exact) mass is 277 g/mol. The Hall–Kier alpha value is -0.870. The molecule has 1 spiro atoms. The van der Waals surface area contributed by atoms with E-state index in [1.54, 1.807) is 0 Å². The van der Waals surface area contributed by atoms with Crippen LogP contribution in [0.3, 0.4) is 0 Å². The van der Waals surface area contributed by atoms with Gasteiger partial charge in [-0.15, -0.1) is 0 Å². The van der Waals surface area contributed by atoms with Gasteiger partial charge in [0, 0.05) is 12.7 Å². The molecular formula is C16H27N3O. The summed E-state index contributed by atoms with van der Waals surface area (Å²) in [7, 11) is 0. The number of aromatic nitrogens is 2. The molecular weight excluding hydrogens is 250 g/mol. The summed E-state index contributed by atoms with van der Waals surface area (Å²) in [6.07, 6.45) is 11.5. The number of hydrogen-bond donors (Lipinski definition) is 1. The summed E-state index contributed by atoms with van der Waals surface area (Å²) >= 11 is 0. The molecule has 0 radical (unpaired) electrons. The van der Waals surface area contributed by atoms with E-state index in [1.165, 1.54) is 44.9 Å². The second-order valence-corrected chi connectivity index (χ2v) is 6.33. The van der Waals surface area contributed by atoms with Crippen molar-refractivity contribution >= 4 is 0 Å². The van der Waals surface area contributed by atoms with Crippen molar-refractivity contribution in [2.45, 2.75) is 76.7 Å². The van der Waals surface area contributed by atoms with Crippen LogP contribution < -0.4 is 5.32 Å². The molecule has 4 heteroatoms. The Balaban J connectivity index is 1.52. The Morgan fingerprint density at radius 3 is 3.00 bits per heavy atom. The molecule has 2 aliphatic rings. The van der Waals surface area contributed by atoms with E-state index in [1.807, 2.05) is 0 Å². The van der Waals surface area contributed by atoms with Crippen molar-refractivity contribution in [1.29, 1.82) is 0 Å². The summed E-state index contributed by atoms with van der Waals surface area (Å²) in [5, 5.41) is 7.93. The third-order valence-corrected chi connectivity index (χ3v) is 4.75. The molecule has 2 heterocycles. The molecule has 1 aliphatic carbocycles. The number of hydrogen-bond acceptors (Lipinski definition) is 3. The zero-order valence-corrected chi connectivity index (χ0v) is 12.6. The van der Waals surface area contributed by atoms with E-state index in [2.05, 4.69) is 34.3 Å². The van der Waals surface area contributed by atoms with E-state index < -0.39 is 0 Å². The van der Waals surface area contributed by atoms with Crippen molar-refractivity contribution in [1.82, 2.24) is 15.1 Å². The maximum Gasteiger partial charge on any atom is 0.0779 e. The highest BCUT2D eigenvalue weighted by Gasteiger charge is 2.40. The van der Waals surface area contributed by atoms with E-state index in [0.717, 1.165) is 25.3 Å². The number of rotatable bonds is 5. The number of nitrogens with one attached hydrogen (secondary N) is 1. The lowest BCUT2D eigenvalue weighted by Gasteiger charge is -2.33. The van der Waals surface area contributed by atoms with Crippen LogP contribution in [0.15, 0.2) is 12.3 Å². The minimum Gasteiger partial charge on any atom is -0.370 e. The van der Waals surface area contributed by atoms with Crippen LogP contribution in [0.4, 0.5) is 0 Å². The van der Waals surface area contributed by atoms with Crippen LogP contribution in [0, 0.1) is 0 Å². The maximum absolute atomic E-state index is 6.41. The third-order valence-electron chi connectivity index (χ3n) is 4.75. The van der Waals surface area contributed by atoms with Crippen molar-refractivity contribution in [2.24, 2.45) is 0 Å². The summed E-state index contributed by atoms with van der Waals surface area (Å²) in [6, 6.07) is 2.11. The zero-order valence-electron chi connectivity index (χ0n) is 12.6. The Bertz CT molecular complexity index is 423. The maximum atomic E-state index is 6.41. The van der Waals surface area contributed by atoms with Gasteiger partial charge >= 0.3 is 0 Å². The summed E-state index contributed by atoms with van der Waals surface area (Å²) in [6.45, 7) is 4.88. The van der Waals surface area contributed by atoms with Crippen LogP contribution >= 0.6 is 0 Å². The standard InChI is InChI=1S/C16H27N3O/c1-2-17-12-14-7-11-19(18-14)13-15-6-10-16(20-15)8-4-3-5-9-16/h7,11,15,17H,2-6,8-10,12-13H2,1H3. The highest BCUT2D eigenvalue weighted by atomic mass is 16.5. The normalized spacial score (nSPS) is 25.4. The molecule has 1 unspecified atom stereocenters. The second kappa shape index (κ2) is 6.27. The average Bonchev–Trinajstić information content (AvgIpc) is 3.06. The predicted molar refractivity (Wildman–Crippen MR) is 79.5 cm³/mol. The largest absolute Gasteiger partial charge is 0.370 e. The average molecular weight is 277 g/mol. The fourth-order valence-electron chi connectivity index (χ4n) is 3.65. The molecule has 0 bridgehead atoms. The minimum absolute atomic E-state index is 0.225. The van der Waals surface area contributed by atoms with Crippen LogP contribution in [0.25, 0.3) is 0 Å². The first-order valence-electron chi connectivity index (χ1n) is 8.20. The highest BCUT2D eigenvalue weighted by Crippen LogP contribution is 2.42. The quantitative estimate of drug-likeness (QED) is 0.899. The fourth-order valence-corrected chi connectivity index (χ4v) is 3.65. The van der Waals surface area contributed by atoms with Gasteiger partial charge in [0.2, 0.25) is 0 Å².